The SMILES string of the molecule is CC(C)NCC(O)CC(C)(O)C1CCOCC1. The van der Waals surface area contributed by atoms with Crippen LogP contribution in [-0.2, 0) is 4.74 Å². The predicted octanol–water partition coefficient (Wildman–Crippen LogP) is 0.913. The van der Waals surface area contributed by atoms with E-state index in [0.29, 0.717) is 19.0 Å². The molecule has 0 aromatic heterocycles. The highest BCUT2D eigenvalue weighted by Crippen LogP contribution is 2.30. The number of aliphatic hydroxyl groups excluding tert-OH is 1. The molecule has 3 N–H and O–H groups in total. The molecule has 17 heavy (non-hydrogen) atoms. The van der Waals surface area contributed by atoms with E-state index in [2.05, 4.69) is 5.32 Å². The van der Waals surface area contributed by atoms with Crippen molar-refractivity contribution >= 4 is 0 Å². The number of ether oxygens (including phenoxy) is 1. The molecule has 1 aliphatic heterocycles. The topological polar surface area (TPSA) is 61.7 Å². The van der Waals surface area contributed by atoms with Crippen molar-refractivity contribution in [3.8, 4) is 0 Å². The van der Waals surface area contributed by atoms with Crippen molar-refractivity contribution in [2.24, 2.45) is 5.92 Å². The second-order valence-electron chi connectivity index (χ2n) is 5.66. The van der Waals surface area contributed by atoms with E-state index in [1.165, 1.54) is 0 Å². The summed E-state index contributed by atoms with van der Waals surface area (Å²) in [6.45, 7) is 7.91. The Labute approximate surface area is 104 Å². The van der Waals surface area contributed by atoms with Crippen LogP contribution >= 0.6 is 0 Å². The van der Waals surface area contributed by atoms with E-state index in [9.17, 15) is 10.2 Å². The van der Waals surface area contributed by atoms with Crippen LogP contribution in [0.5, 0.6) is 0 Å². The lowest BCUT2D eigenvalue weighted by Crippen LogP contribution is -2.43. The molecule has 1 fully saturated rings. The van der Waals surface area contributed by atoms with Gasteiger partial charge in [0.25, 0.3) is 0 Å². The molecule has 2 atom stereocenters. The summed E-state index contributed by atoms with van der Waals surface area (Å²) < 4.78 is 5.29. The van der Waals surface area contributed by atoms with Crippen molar-refractivity contribution < 1.29 is 14.9 Å². The Morgan fingerprint density at radius 3 is 2.47 bits per heavy atom. The molecule has 0 aliphatic carbocycles. The zero-order valence-electron chi connectivity index (χ0n) is 11.3. The third-order valence-corrected chi connectivity index (χ3v) is 3.51. The summed E-state index contributed by atoms with van der Waals surface area (Å²) in [6, 6.07) is 0.359. The zero-order valence-corrected chi connectivity index (χ0v) is 11.3. The first-order chi connectivity index (χ1) is 7.92. The van der Waals surface area contributed by atoms with E-state index in [1.807, 2.05) is 20.8 Å². The molecule has 4 heteroatoms. The quantitative estimate of drug-likeness (QED) is 0.651. The molecule has 0 bridgehead atoms. The van der Waals surface area contributed by atoms with Gasteiger partial charge in [0.2, 0.25) is 0 Å². The first-order valence-electron chi connectivity index (χ1n) is 6.63. The van der Waals surface area contributed by atoms with Gasteiger partial charge in [-0.1, -0.05) is 13.8 Å². The Balaban J connectivity index is 2.35. The van der Waals surface area contributed by atoms with E-state index in [1.54, 1.807) is 0 Å². The van der Waals surface area contributed by atoms with Crippen molar-refractivity contribution in [3.05, 3.63) is 0 Å². The second kappa shape index (κ2) is 6.69. The smallest absolute Gasteiger partial charge is 0.0692 e. The van der Waals surface area contributed by atoms with Crippen LogP contribution in [0.25, 0.3) is 0 Å². The van der Waals surface area contributed by atoms with Crippen LogP contribution in [0.4, 0.5) is 0 Å². The summed E-state index contributed by atoms with van der Waals surface area (Å²) in [6.07, 6.45) is 1.71. The van der Waals surface area contributed by atoms with Crippen molar-refractivity contribution in [2.75, 3.05) is 19.8 Å². The molecule has 2 unspecified atom stereocenters. The van der Waals surface area contributed by atoms with Gasteiger partial charge in [-0.3, -0.25) is 0 Å². The van der Waals surface area contributed by atoms with Crippen molar-refractivity contribution in [2.45, 2.75) is 57.8 Å². The van der Waals surface area contributed by atoms with E-state index in [4.69, 9.17) is 4.74 Å². The third kappa shape index (κ3) is 5.34. The maximum Gasteiger partial charge on any atom is 0.0692 e. The molecule has 1 saturated heterocycles. The van der Waals surface area contributed by atoms with Gasteiger partial charge < -0.3 is 20.3 Å². The molecule has 0 saturated carbocycles. The average molecular weight is 245 g/mol. The van der Waals surface area contributed by atoms with Gasteiger partial charge in [-0.05, 0) is 25.7 Å². The number of aliphatic hydroxyl groups is 2. The fraction of sp³-hybridized carbons (Fsp3) is 1.00. The first-order valence-corrected chi connectivity index (χ1v) is 6.63. The van der Waals surface area contributed by atoms with Crippen LogP contribution in [0.1, 0.15) is 40.0 Å². The average Bonchev–Trinajstić information content (AvgIpc) is 2.27. The van der Waals surface area contributed by atoms with Gasteiger partial charge in [0.05, 0.1) is 11.7 Å². The minimum atomic E-state index is -0.790. The van der Waals surface area contributed by atoms with Crippen LogP contribution < -0.4 is 5.32 Å². The van der Waals surface area contributed by atoms with Crippen molar-refractivity contribution in [1.82, 2.24) is 5.32 Å². The normalized spacial score (nSPS) is 23.6. The van der Waals surface area contributed by atoms with Crippen LogP contribution in [0.15, 0.2) is 0 Å². The molecule has 102 valence electrons. The van der Waals surface area contributed by atoms with Crippen LogP contribution in [0.3, 0.4) is 0 Å². The van der Waals surface area contributed by atoms with E-state index in [-0.39, 0.29) is 5.92 Å². The van der Waals surface area contributed by atoms with E-state index < -0.39 is 11.7 Å². The maximum atomic E-state index is 10.4. The fourth-order valence-corrected chi connectivity index (χ4v) is 2.41. The summed E-state index contributed by atoms with van der Waals surface area (Å²) in [5.74, 6) is 0.241. The van der Waals surface area contributed by atoms with Crippen LogP contribution in [0.2, 0.25) is 0 Å². The molecule has 0 aromatic rings. The van der Waals surface area contributed by atoms with Gasteiger partial charge in [0, 0.05) is 32.2 Å². The molecule has 1 heterocycles. The zero-order chi connectivity index (χ0) is 12.9. The number of rotatable bonds is 6. The standard InChI is InChI=1S/C13H27NO3/c1-10(2)14-9-12(15)8-13(3,16)11-4-6-17-7-5-11/h10-12,14-16H,4-9H2,1-3H3. The lowest BCUT2D eigenvalue weighted by Gasteiger charge is -2.37. The predicted molar refractivity (Wildman–Crippen MR) is 67.9 cm³/mol. The molecule has 1 aliphatic rings. The Morgan fingerprint density at radius 1 is 1.35 bits per heavy atom. The Hall–Kier alpha value is -0.160. The van der Waals surface area contributed by atoms with Crippen LogP contribution in [0, 0.1) is 5.92 Å². The lowest BCUT2D eigenvalue weighted by molar-refractivity contribution is -0.0775. The molecule has 0 radical (unpaired) electrons. The van der Waals surface area contributed by atoms with Gasteiger partial charge in [-0.2, -0.15) is 0 Å². The molecular weight excluding hydrogens is 218 g/mol. The Bertz CT molecular complexity index is 213. The number of nitrogens with one attached hydrogen (secondary N) is 1. The Kier molecular flexibility index (Phi) is 5.86. The highest BCUT2D eigenvalue weighted by atomic mass is 16.5. The third-order valence-electron chi connectivity index (χ3n) is 3.51. The molecule has 0 spiro atoms. The van der Waals surface area contributed by atoms with Gasteiger partial charge in [-0.25, -0.2) is 0 Å². The minimum absolute atomic E-state index is 0.241. The monoisotopic (exact) mass is 245 g/mol. The minimum Gasteiger partial charge on any atom is -0.392 e. The van der Waals surface area contributed by atoms with Crippen molar-refractivity contribution in [3.63, 3.8) is 0 Å². The van der Waals surface area contributed by atoms with Gasteiger partial charge in [0.1, 0.15) is 0 Å². The van der Waals surface area contributed by atoms with Gasteiger partial charge >= 0.3 is 0 Å². The maximum absolute atomic E-state index is 10.4. The Morgan fingerprint density at radius 2 is 1.94 bits per heavy atom. The molecule has 0 amide bonds. The summed E-state index contributed by atoms with van der Waals surface area (Å²) in [4.78, 5) is 0. The highest BCUT2D eigenvalue weighted by Gasteiger charge is 2.34. The summed E-state index contributed by atoms with van der Waals surface area (Å²) in [5.41, 5.74) is -0.790. The first kappa shape index (κ1) is 14.9. The summed E-state index contributed by atoms with van der Waals surface area (Å²) >= 11 is 0. The largest absolute Gasteiger partial charge is 0.392 e. The second-order valence-corrected chi connectivity index (χ2v) is 5.66. The highest BCUT2D eigenvalue weighted by molar-refractivity contribution is 4.86. The number of hydrogen-bond acceptors (Lipinski definition) is 4. The van der Waals surface area contributed by atoms with Gasteiger partial charge in [-0.15, -0.1) is 0 Å². The summed E-state index contributed by atoms with van der Waals surface area (Å²) in [5, 5.41) is 23.5. The number of hydrogen-bond donors (Lipinski definition) is 3. The fourth-order valence-electron chi connectivity index (χ4n) is 2.41. The molecule has 1 rings (SSSR count). The van der Waals surface area contributed by atoms with E-state index >= 15 is 0 Å². The van der Waals surface area contributed by atoms with Crippen LogP contribution in [-0.4, -0.2) is 47.7 Å². The molecule has 0 aromatic carbocycles. The summed E-state index contributed by atoms with van der Waals surface area (Å²) in [7, 11) is 0. The molecule has 4 nitrogen and oxygen atoms in total. The van der Waals surface area contributed by atoms with Gasteiger partial charge in [0.15, 0.2) is 0 Å². The lowest BCUT2D eigenvalue weighted by atomic mass is 9.79. The molecular formula is C13H27NO3. The van der Waals surface area contributed by atoms with E-state index in [0.717, 1.165) is 26.1 Å². The van der Waals surface area contributed by atoms with Crippen molar-refractivity contribution in [1.29, 1.82) is 0 Å².